The van der Waals surface area contributed by atoms with Crippen LogP contribution in [0.5, 0.6) is 0 Å². The van der Waals surface area contributed by atoms with E-state index in [1.165, 1.54) is 32.6 Å². The Hall–Kier alpha value is -12.4. The van der Waals surface area contributed by atoms with Crippen molar-refractivity contribution in [3.8, 4) is 85.0 Å². The summed E-state index contributed by atoms with van der Waals surface area (Å²) in [4.78, 5) is 11.0. The van der Waals surface area contributed by atoms with Crippen molar-refractivity contribution in [3.05, 3.63) is 315 Å². The molecule has 5 aromatic heterocycles. The molecule has 0 amide bonds. The smallest absolute Gasteiger partial charge is 0.160 e. The van der Waals surface area contributed by atoms with E-state index in [-0.39, 0.29) is 0 Å². The van der Waals surface area contributed by atoms with Crippen molar-refractivity contribution in [3.63, 3.8) is 0 Å². The van der Waals surface area contributed by atoms with Crippen LogP contribution in [-0.4, -0.2) is 28.2 Å². The number of para-hydroxylation sites is 6. The molecule has 0 aliphatic carbocycles. The third kappa shape index (κ3) is 8.13. The van der Waals surface area contributed by atoms with Crippen LogP contribution in [0.25, 0.3) is 166 Å². The quantitative estimate of drug-likeness (QED) is 0.145. The van der Waals surface area contributed by atoms with Crippen molar-refractivity contribution in [1.29, 1.82) is 5.26 Å². The van der Waals surface area contributed by atoms with Gasteiger partial charge in [0, 0.05) is 82.5 Å². The van der Waals surface area contributed by atoms with E-state index in [0.29, 0.717) is 11.4 Å². The van der Waals surface area contributed by atoms with Gasteiger partial charge in [-0.25, -0.2) is 9.97 Å². The van der Waals surface area contributed by atoms with Gasteiger partial charge < -0.3 is 18.3 Å². The van der Waals surface area contributed by atoms with Gasteiger partial charge in [0.15, 0.2) is 5.82 Å². The zero-order valence-electron chi connectivity index (χ0n) is 48.6. The average molecular weight is 1150 g/mol. The minimum Gasteiger partial charge on any atom is -0.309 e. The summed E-state index contributed by atoms with van der Waals surface area (Å²) < 4.78 is 9.50. The van der Waals surface area contributed by atoms with E-state index in [0.717, 1.165) is 128 Å². The normalized spacial score (nSPS) is 11.8. The second kappa shape index (κ2) is 20.4. The SMILES string of the molecule is N#Cc1ccc(-c2cc(-c3ccc4c(c3)c3cc(-c5ccc6c7ccccc7n(-c7ccccc7)c6c5)ccc3n4-c3ccccc3)nc(-c3ccc4c(c3)c3cc(-c5ccc6c7ccccc7n(-c7ccccc7)c6c5)ccc3n4-c3ccccc3)n2)cc1. The maximum atomic E-state index is 9.89. The van der Waals surface area contributed by atoms with Crippen LogP contribution in [0.15, 0.2) is 309 Å². The van der Waals surface area contributed by atoms with Crippen LogP contribution in [0.2, 0.25) is 0 Å². The van der Waals surface area contributed by atoms with Crippen LogP contribution < -0.4 is 0 Å². The van der Waals surface area contributed by atoms with Gasteiger partial charge in [0.05, 0.1) is 67.2 Å². The number of aromatic nitrogens is 6. The molecule has 0 saturated carbocycles. The summed E-state index contributed by atoms with van der Waals surface area (Å²) in [5.41, 5.74) is 22.9. The molecule has 0 spiro atoms. The Morgan fingerprint density at radius 1 is 0.222 bits per heavy atom. The summed E-state index contributed by atoms with van der Waals surface area (Å²) in [6.45, 7) is 0. The first-order valence-electron chi connectivity index (χ1n) is 30.4. The van der Waals surface area contributed by atoms with E-state index in [1.54, 1.807) is 0 Å². The van der Waals surface area contributed by atoms with Crippen molar-refractivity contribution >= 4 is 87.2 Å². The lowest BCUT2D eigenvalue weighted by Gasteiger charge is -2.11. The molecule has 0 aliphatic rings. The lowest BCUT2D eigenvalue weighted by molar-refractivity contribution is 1.17. The molecule has 0 saturated heterocycles. The molecule has 0 fully saturated rings. The lowest BCUT2D eigenvalue weighted by Crippen LogP contribution is -1.97. The Labute approximate surface area is 517 Å². The number of hydrogen-bond donors (Lipinski definition) is 0. The molecule has 18 rings (SSSR count). The highest BCUT2D eigenvalue weighted by atomic mass is 15.0. The Morgan fingerprint density at radius 3 is 0.956 bits per heavy atom. The van der Waals surface area contributed by atoms with E-state index in [1.807, 2.05) is 24.3 Å². The van der Waals surface area contributed by atoms with Gasteiger partial charge in [-0.15, -0.1) is 0 Å². The largest absolute Gasteiger partial charge is 0.309 e. The fraction of sp³-hybridized carbons (Fsp3) is 0. The molecule has 5 heterocycles. The molecule has 418 valence electrons. The number of hydrogen-bond acceptors (Lipinski definition) is 3. The van der Waals surface area contributed by atoms with Crippen LogP contribution in [0.1, 0.15) is 5.56 Å². The van der Waals surface area contributed by atoms with Crippen molar-refractivity contribution in [2.75, 3.05) is 0 Å². The molecule has 90 heavy (non-hydrogen) atoms. The molecular weight excluding hydrogens is 1090 g/mol. The summed E-state index contributed by atoms with van der Waals surface area (Å²) in [5.74, 6) is 0.599. The van der Waals surface area contributed by atoms with Gasteiger partial charge in [0.25, 0.3) is 0 Å². The third-order valence-corrected chi connectivity index (χ3v) is 18.2. The predicted octanol–water partition coefficient (Wildman–Crippen LogP) is 21.1. The van der Waals surface area contributed by atoms with E-state index in [2.05, 4.69) is 309 Å². The zero-order valence-corrected chi connectivity index (χ0v) is 48.6. The number of rotatable bonds is 9. The van der Waals surface area contributed by atoms with E-state index in [4.69, 9.17) is 9.97 Å². The van der Waals surface area contributed by atoms with Gasteiger partial charge >= 0.3 is 0 Å². The fourth-order valence-electron chi connectivity index (χ4n) is 14.0. The molecule has 0 atom stereocenters. The summed E-state index contributed by atoms with van der Waals surface area (Å²) in [6.07, 6.45) is 0. The predicted molar refractivity (Wildman–Crippen MR) is 371 cm³/mol. The third-order valence-electron chi connectivity index (χ3n) is 18.2. The molecule has 7 nitrogen and oxygen atoms in total. The molecular formula is C83H51N7. The molecule has 0 unspecified atom stereocenters. The lowest BCUT2D eigenvalue weighted by atomic mass is 10.00. The van der Waals surface area contributed by atoms with Gasteiger partial charge in [0.1, 0.15) is 0 Å². The Bertz CT molecular complexity index is 5610. The molecule has 0 bridgehead atoms. The Balaban J connectivity index is 0.813. The van der Waals surface area contributed by atoms with Gasteiger partial charge in [-0.05, 0) is 168 Å². The highest BCUT2D eigenvalue weighted by Crippen LogP contribution is 2.43. The topological polar surface area (TPSA) is 69.3 Å². The van der Waals surface area contributed by atoms with Gasteiger partial charge in [-0.3, -0.25) is 0 Å². The first-order valence-corrected chi connectivity index (χ1v) is 30.4. The first-order chi connectivity index (χ1) is 44.6. The van der Waals surface area contributed by atoms with Crippen LogP contribution in [-0.2, 0) is 0 Å². The average Bonchev–Trinajstić information content (AvgIpc) is 1.65. The first kappa shape index (κ1) is 50.9. The van der Waals surface area contributed by atoms with E-state index >= 15 is 0 Å². The molecule has 13 aromatic carbocycles. The van der Waals surface area contributed by atoms with Crippen LogP contribution in [0.3, 0.4) is 0 Å². The molecule has 0 N–H and O–H groups in total. The van der Waals surface area contributed by atoms with Crippen molar-refractivity contribution < 1.29 is 0 Å². The van der Waals surface area contributed by atoms with Crippen molar-refractivity contribution in [1.82, 2.24) is 28.2 Å². The summed E-state index contributed by atoms with van der Waals surface area (Å²) in [6, 6.07) is 113. The summed E-state index contributed by atoms with van der Waals surface area (Å²) in [7, 11) is 0. The van der Waals surface area contributed by atoms with E-state index in [9.17, 15) is 5.26 Å². The second-order valence-electron chi connectivity index (χ2n) is 23.3. The van der Waals surface area contributed by atoms with Crippen LogP contribution in [0.4, 0.5) is 0 Å². The molecule has 0 radical (unpaired) electrons. The van der Waals surface area contributed by atoms with Crippen molar-refractivity contribution in [2.24, 2.45) is 0 Å². The molecule has 0 aliphatic heterocycles. The Morgan fingerprint density at radius 2 is 0.522 bits per heavy atom. The molecule has 18 aromatic rings. The highest BCUT2D eigenvalue weighted by molar-refractivity contribution is 6.15. The highest BCUT2D eigenvalue weighted by Gasteiger charge is 2.22. The number of benzene rings is 13. The minimum atomic E-state index is 0.588. The number of nitrogens with zero attached hydrogens (tertiary/aromatic N) is 7. The summed E-state index contributed by atoms with van der Waals surface area (Å²) >= 11 is 0. The standard InChI is InChI=1S/C83H51N7/c84-52-53-29-31-54(32-30-53)73-51-74(59-37-43-79-71(47-59)69-45-55(35-41-77(69)87(79)61-17-5-1-6-18-61)57-33-39-67-65-25-13-15-27-75(65)89(81(67)49-57)63-21-9-3-10-22-63)86-83(85-73)60-38-44-80-72(48-60)70-46-56(36-42-78(70)88(80)62-19-7-2-8-20-62)58-34-40-68-66-26-14-16-28-76(66)90(82(68)50-58)64-23-11-4-12-24-64/h1-51H. The maximum absolute atomic E-state index is 9.89. The number of fused-ring (bicyclic) bond motifs is 12. The van der Waals surface area contributed by atoms with Crippen molar-refractivity contribution in [2.45, 2.75) is 0 Å². The summed E-state index contributed by atoms with van der Waals surface area (Å²) in [5, 5.41) is 19.2. The minimum absolute atomic E-state index is 0.588. The molecule has 7 heteroatoms. The van der Waals surface area contributed by atoms with E-state index < -0.39 is 0 Å². The van der Waals surface area contributed by atoms with Gasteiger partial charge in [-0.2, -0.15) is 5.26 Å². The second-order valence-corrected chi connectivity index (χ2v) is 23.3. The number of nitriles is 1. The van der Waals surface area contributed by atoms with Crippen LogP contribution in [0, 0.1) is 11.3 Å². The van der Waals surface area contributed by atoms with Gasteiger partial charge in [-0.1, -0.05) is 164 Å². The van der Waals surface area contributed by atoms with Gasteiger partial charge in [0.2, 0.25) is 0 Å². The Kier molecular flexibility index (Phi) is 11.5. The maximum Gasteiger partial charge on any atom is 0.160 e. The van der Waals surface area contributed by atoms with Crippen LogP contribution >= 0.6 is 0 Å². The fourth-order valence-corrected chi connectivity index (χ4v) is 14.0. The monoisotopic (exact) mass is 1150 g/mol. The zero-order chi connectivity index (χ0) is 59.4.